The van der Waals surface area contributed by atoms with Crippen LogP contribution in [0, 0.1) is 12.7 Å². The predicted molar refractivity (Wildman–Crippen MR) is 66.1 cm³/mol. The molecule has 0 amide bonds. The summed E-state index contributed by atoms with van der Waals surface area (Å²) in [4.78, 5) is 0. The Bertz CT molecular complexity index is 539. The summed E-state index contributed by atoms with van der Waals surface area (Å²) >= 11 is 0. The predicted octanol–water partition coefficient (Wildman–Crippen LogP) is 2.80. The van der Waals surface area contributed by atoms with Gasteiger partial charge in [-0.2, -0.15) is 0 Å². The maximum atomic E-state index is 13.6. The van der Waals surface area contributed by atoms with Crippen LogP contribution in [0.5, 0.6) is 0 Å². The van der Waals surface area contributed by atoms with Gasteiger partial charge in [-0.25, -0.2) is 4.39 Å². The Hall–Kier alpha value is -1.87. The molecule has 1 unspecified atom stereocenters. The first-order chi connectivity index (χ1) is 8.11. The molecule has 0 saturated heterocycles. The summed E-state index contributed by atoms with van der Waals surface area (Å²) in [5.74, 6) is -0.430. The number of para-hydroxylation sites is 1. The van der Waals surface area contributed by atoms with E-state index in [0.29, 0.717) is 11.3 Å². The second-order valence-electron chi connectivity index (χ2n) is 4.00. The molecule has 0 bridgehead atoms. The van der Waals surface area contributed by atoms with Crippen LogP contribution in [0.3, 0.4) is 0 Å². The standard InChI is InChI=1S/C14H14FNO/c1-9-5-4-7-11(13(9)16)14(17)10-6-2-3-8-12(10)15/h2-8,14,17H,16H2,1H3. The van der Waals surface area contributed by atoms with Gasteiger partial charge in [0.1, 0.15) is 11.9 Å². The van der Waals surface area contributed by atoms with Crippen molar-refractivity contribution in [3.05, 3.63) is 65.0 Å². The molecule has 0 aliphatic carbocycles. The first-order valence-electron chi connectivity index (χ1n) is 5.38. The first kappa shape index (κ1) is 11.6. The molecule has 3 heteroatoms. The Morgan fingerprint density at radius 2 is 1.71 bits per heavy atom. The molecule has 0 heterocycles. The van der Waals surface area contributed by atoms with Crippen molar-refractivity contribution in [2.24, 2.45) is 0 Å². The van der Waals surface area contributed by atoms with Crippen LogP contribution in [0.2, 0.25) is 0 Å². The van der Waals surface area contributed by atoms with Crippen molar-refractivity contribution >= 4 is 5.69 Å². The molecule has 0 saturated carbocycles. The number of aliphatic hydroxyl groups is 1. The van der Waals surface area contributed by atoms with Crippen LogP contribution in [-0.4, -0.2) is 5.11 Å². The molecule has 2 aromatic rings. The Morgan fingerprint density at radius 3 is 2.41 bits per heavy atom. The molecule has 0 aliphatic heterocycles. The summed E-state index contributed by atoms with van der Waals surface area (Å²) in [7, 11) is 0. The van der Waals surface area contributed by atoms with E-state index < -0.39 is 11.9 Å². The maximum absolute atomic E-state index is 13.6. The molecule has 88 valence electrons. The molecule has 0 aliphatic rings. The lowest BCUT2D eigenvalue weighted by Gasteiger charge is -2.15. The Labute approximate surface area is 99.5 Å². The van der Waals surface area contributed by atoms with Crippen LogP contribution in [-0.2, 0) is 0 Å². The normalized spacial score (nSPS) is 12.4. The molecule has 2 aromatic carbocycles. The molecule has 1 atom stereocenters. The van der Waals surface area contributed by atoms with Gasteiger partial charge in [-0.15, -0.1) is 0 Å². The van der Waals surface area contributed by atoms with Gasteiger partial charge in [-0.3, -0.25) is 0 Å². The van der Waals surface area contributed by atoms with Crippen LogP contribution in [0.15, 0.2) is 42.5 Å². The smallest absolute Gasteiger partial charge is 0.129 e. The summed E-state index contributed by atoms with van der Waals surface area (Å²) in [6, 6.07) is 11.5. The van der Waals surface area contributed by atoms with E-state index in [1.807, 2.05) is 13.0 Å². The summed E-state index contributed by atoms with van der Waals surface area (Å²) in [6.07, 6.45) is -1.03. The number of benzene rings is 2. The molecule has 3 N–H and O–H groups in total. The van der Waals surface area contributed by atoms with Gasteiger partial charge in [0, 0.05) is 16.8 Å². The van der Waals surface area contributed by atoms with E-state index in [-0.39, 0.29) is 5.56 Å². The molecular formula is C14H14FNO. The summed E-state index contributed by atoms with van der Waals surface area (Å²) in [5.41, 5.74) is 8.04. The van der Waals surface area contributed by atoms with E-state index in [2.05, 4.69) is 0 Å². The molecule has 0 radical (unpaired) electrons. The second kappa shape index (κ2) is 4.55. The van der Waals surface area contributed by atoms with Crippen LogP contribution in [0.1, 0.15) is 22.8 Å². The highest BCUT2D eigenvalue weighted by atomic mass is 19.1. The number of nitrogen functional groups attached to an aromatic ring is 1. The number of anilines is 1. The Morgan fingerprint density at radius 1 is 1.06 bits per heavy atom. The molecular weight excluding hydrogens is 217 g/mol. The van der Waals surface area contributed by atoms with Crippen LogP contribution < -0.4 is 5.73 Å². The lowest BCUT2D eigenvalue weighted by molar-refractivity contribution is 0.215. The highest BCUT2D eigenvalue weighted by Crippen LogP contribution is 2.29. The number of nitrogens with two attached hydrogens (primary N) is 1. The number of halogens is 1. The zero-order valence-corrected chi connectivity index (χ0v) is 9.52. The fourth-order valence-electron chi connectivity index (χ4n) is 1.81. The molecule has 0 aromatic heterocycles. The van der Waals surface area contributed by atoms with E-state index in [0.717, 1.165) is 5.56 Å². The monoisotopic (exact) mass is 231 g/mol. The topological polar surface area (TPSA) is 46.2 Å². The first-order valence-corrected chi connectivity index (χ1v) is 5.38. The summed E-state index contributed by atoms with van der Waals surface area (Å²) in [5, 5.41) is 10.2. The third kappa shape index (κ3) is 2.15. The van der Waals surface area contributed by atoms with Crippen molar-refractivity contribution in [3.63, 3.8) is 0 Å². The maximum Gasteiger partial charge on any atom is 0.129 e. The van der Waals surface area contributed by atoms with E-state index in [1.54, 1.807) is 30.3 Å². The second-order valence-corrected chi connectivity index (χ2v) is 4.00. The van der Waals surface area contributed by atoms with Crippen molar-refractivity contribution in [3.8, 4) is 0 Å². The third-order valence-corrected chi connectivity index (χ3v) is 2.85. The average Bonchev–Trinajstić information content (AvgIpc) is 2.32. The van der Waals surface area contributed by atoms with Gasteiger partial charge in [0.15, 0.2) is 0 Å². The molecule has 0 fully saturated rings. The van der Waals surface area contributed by atoms with Crippen molar-refractivity contribution in [2.45, 2.75) is 13.0 Å². The quantitative estimate of drug-likeness (QED) is 0.781. The summed E-state index contributed by atoms with van der Waals surface area (Å²) < 4.78 is 13.6. The van der Waals surface area contributed by atoms with Crippen LogP contribution in [0.4, 0.5) is 10.1 Å². The van der Waals surface area contributed by atoms with Crippen molar-refractivity contribution in [1.29, 1.82) is 0 Å². The highest BCUT2D eigenvalue weighted by molar-refractivity contribution is 5.56. The van der Waals surface area contributed by atoms with Crippen molar-refractivity contribution < 1.29 is 9.50 Å². The van der Waals surface area contributed by atoms with E-state index in [4.69, 9.17) is 5.73 Å². The van der Waals surface area contributed by atoms with Gasteiger partial charge in [0.05, 0.1) is 0 Å². The summed E-state index contributed by atoms with van der Waals surface area (Å²) in [6.45, 7) is 1.85. The van der Waals surface area contributed by atoms with Gasteiger partial charge < -0.3 is 10.8 Å². The fraction of sp³-hybridized carbons (Fsp3) is 0.143. The van der Waals surface area contributed by atoms with Crippen LogP contribution >= 0.6 is 0 Å². The molecule has 17 heavy (non-hydrogen) atoms. The van der Waals surface area contributed by atoms with Crippen molar-refractivity contribution in [1.82, 2.24) is 0 Å². The lowest BCUT2D eigenvalue weighted by atomic mass is 9.97. The van der Waals surface area contributed by atoms with E-state index in [1.165, 1.54) is 6.07 Å². The molecule has 0 spiro atoms. The number of hydrogen-bond acceptors (Lipinski definition) is 2. The van der Waals surface area contributed by atoms with Gasteiger partial charge >= 0.3 is 0 Å². The number of hydrogen-bond donors (Lipinski definition) is 2. The lowest BCUT2D eigenvalue weighted by Crippen LogP contribution is -2.06. The Kier molecular flexibility index (Phi) is 3.11. The zero-order chi connectivity index (χ0) is 12.4. The molecule has 2 rings (SSSR count). The number of aliphatic hydroxyl groups excluding tert-OH is 1. The average molecular weight is 231 g/mol. The largest absolute Gasteiger partial charge is 0.398 e. The van der Waals surface area contributed by atoms with Gasteiger partial charge in [0.25, 0.3) is 0 Å². The van der Waals surface area contributed by atoms with Gasteiger partial charge in [-0.05, 0) is 18.6 Å². The van der Waals surface area contributed by atoms with Gasteiger partial charge in [-0.1, -0.05) is 36.4 Å². The number of aryl methyl sites for hydroxylation is 1. The van der Waals surface area contributed by atoms with Crippen molar-refractivity contribution in [2.75, 3.05) is 5.73 Å². The van der Waals surface area contributed by atoms with E-state index >= 15 is 0 Å². The van der Waals surface area contributed by atoms with E-state index in [9.17, 15) is 9.50 Å². The number of rotatable bonds is 2. The minimum Gasteiger partial charge on any atom is -0.398 e. The minimum absolute atomic E-state index is 0.241. The SMILES string of the molecule is Cc1cccc(C(O)c2ccccc2F)c1N. The fourth-order valence-corrected chi connectivity index (χ4v) is 1.81. The Balaban J connectivity index is 2.48. The van der Waals surface area contributed by atoms with Gasteiger partial charge in [0.2, 0.25) is 0 Å². The van der Waals surface area contributed by atoms with Crippen LogP contribution in [0.25, 0.3) is 0 Å². The minimum atomic E-state index is -1.03. The zero-order valence-electron chi connectivity index (χ0n) is 9.52. The highest BCUT2D eigenvalue weighted by Gasteiger charge is 2.17. The molecule has 2 nitrogen and oxygen atoms in total. The third-order valence-electron chi connectivity index (χ3n) is 2.85.